The van der Waals surface area contributed by atoms with Crippen molar-refractivity contribution in [3.8, 4) is 0 Å². The van der Waals surface area contributed by atoms with Crippen molar-refractivity contribution in [3.05, 3.63) is 65.7 Å². The number of pyridine rings is 1. The zero-order chi connectivity index (χ0) is 19.1. The molecule has 1 fully saturated rings. The third kappa shape index (κ3) is 5.61. The third-order valence-electron chi connectivity index (χ3n) is 4.75. The van der Waals surface area contributed by atoms with E-state index in [1.54, 1.807) is 29.4 Å². The Bertz CT molecular complexity index is 765. The van der Waals surface area contributed by atoms with Gasteiger partial charge in [-0.25, -0.2) is 4.39 Å². The molecule has 2 amide bonds. The summed E-state index contributed by atoms with van der Waals surface area (Å²) < 4.78 is 13.2. The van der Waals surface area contributed by atoms with Crippen LogP contribution in [0.15, 0.2) is 48.8 Å². The van der Waals surface area contributed by atoms with Gasteiger partial charge in [0.2, 0.25) is 11.8 Å². The van der Waals surface area contributed by atoms with Crippen molar-refractivity contribution in [2.24, 2.45) is 0 Å². The maximum atomic E-state index is 13.2. The fourth-order valence-electron chi connectivity index (χ4n) is 3.27. The van der Waals surface area contributed by atoms with Gasteiger partial charge in [0.05, 0.1) is 0 Å². The Hall–Kier alpha value is -2.76. The Balaban J connectivity index is 1.61. The smallest absolute Gasteiger partial charge is 0.223 e. The predicted molar refractivity (Wildman–Crippen MR) is 99.9 cm³/mol. The molecule has 0 bridgehead atoms. The second kappa shape index (κ2) is 9.26. The molecular weight excluding hydrogens is 345 g/mol. The SMILES string of the molecule is O=C1CCCN1CCCC(=O)N(Cc1ccncc1)Cc1ccc(F)cc1. The van der Waals surface area contributed by atoms with Gasteiger partial charge in [-0.1, -0.05) is 12.1 Å². The molecule has 0 spiro atoms. The first-order chi connectivity index (χ1) is 13.1. The Morgan fingerprint density at radius 2 is 1.74 bits per heavy atom. The lowest BCUT2D eigenvalue weighted by Crippen LogP contribution is -2.31. The largest absolute Gasteiger partial charge is 0.343 e. The number of carbonyl (C=O) groups excluding carboxylic acids is 2. The molecule has 1 aliphatic rings. The highest BCUT2D eigenvalue weighted by Gasteiger charge is 2.20. The molecule has 2 heterocycles. The van der Waals surface area contributed by atoms with Crippen LogP contribution in [-0.2, 0) is 22.7 Å². The van der Waals surface area contributed by atoms with Crippen molar-refractivity contribution >= 4 is 11.8 Å². The first-order valence-corrected chi connectivity index (χ1v) is 9.31. The number of carbonyl (C=O) groups is 2. The maximum absolute atomic E-state index is 13.2. The number of hydrogen-bond donors (Lipinski definition) is 0. The first-order valence-electron chi connectivity index (χ1n) is 9.31. The lowest BCUT2D eigenvalue weighted by molar-refractivity contribution is -0.133. The number of halogens is 1. The van der Waals surface area contributed by atoms with E-state index in [9.17, 15) is 14.0 Å². The summed E-state index contributed by atoms with van der Waals surface area (Å²) in [7, 11) is 0. The highest BCUT2D eigenvalue weighted by atomic mass is 19.1. The summed E-state index contributed by atoms with van der Waals surface area (Å²) in [6.45, 7) is 2.32. The average Bonchev–Trinajstić information content (AvgIpc) is 3.08. The molecule has 1 aromatic carbocycles. The van der Waals surface area contributed by atoms with Crippen LogP contribution in [0.4, 0.5) is 4.39 Å². The standard InChI is InChI=1S/C21H24FN3O2/c22-19-7-5-17(6-8-19)15-25(16-18-9-11-23-12-10-18)21(27)4-2-14-24-13-1-3-20(24)26/h5-12H,1-4,13-16H2. The summed E-state index contributed by atoms with van der Waals surface area (Å²) in [6.07, 6.45) is 5.97. The zero-order valence-corrected chi connectivity index (χ0v) is 15.3. The van der Waals surface area contributed by atoms with E-state index in [-0.39, 0.29) is 17.6 Å². The van der Waals surface area contributed by atoms with E-state index < -0.39 is 0 Å². The van der Waals surface area contributed by atoms with Gasteiger partial charge in [0.1, 0.15) is 5.82 Å². The Labute approximate surface area is 158 Å². The molecule has 0 aliphatic carbocycles. The minimum Gasteiger partial charge on any atom is -0.343 e. The molecule has 0 atom stereocenters. The molecule has 3 rings (SSSR count). The van der Waals surface area contributed by atoms with Crippen LogP contribution in [0.3, 0.4) is 0 Å². The molecule has 6 heteroatoms. The molecule has 27 heavy (non-hydrogen) atoms. The fourth-order valence-corrected chi connectivity index (χ4v) is 3.27. The number of hydrogen-bond acceptors (Lipinski definition) is 3. The summed E-state index contributed by atoms with van der Waals surface area (Å²) >= 11 is 0. The van der Waals surface area contributed by atoms with Crippen LogP contribution in [0.2, 0.25) is 0 Å². The van der Waals surface area contributed by atoms with Crippen LogP contribution in [0, 0.1) is 5.82 Å². The summed E-state index contributed by atoms with van der Waals surface area (Å²) in [4.78, 5) is 32.1. The highest BCUT2D eigenvalue weighted by Crippen LogP contribution is 2.14. The van der Waals surface area contributed by atoms with Crippen LogP contribution in [0.25, 0.3) is 0 Å². The molecule has 1 aliphatic heterocycles. The molecule has 0 unspecified atom stereocenters. The van der Waals surface area contributed by atoms with E-state index >= 15 is 0 Å². The van der Waals surface area contributed by atoms with Gasteiger partial charge < -0.3 is 9.80 Å². The number of benzene rings is 1. The molecule has 2 aromatic rings. The molecule has 5 nitrogen and oxygen atoms in total. The molecule has 0 radical (unpaired) electrons. The normalized spacial score (nSPS) is 13.8. The summed E-state index contributed by atoms with van der Waals surface area (Å²) in [5.41, 5.74) is 1.88. The van der Waals surface area contributed by atoms with Gasteiger partial charge in [-0.05, 0) is 48.2 Å². The number of amides is 2. The van der Waals surface area contributed by atoms with E-state index in [0.29, 0.717) is 38.9 Å². The highest BCUT2D eigenvalue weighted by molar-refractivity contribution is 5.78. The number of nitrogens with zero attached hydrogens (tertiary/aromatic N) is 3. The minimum absolute atomic E-state index is 0.0304. The van der Waals surface area contributed by atoms with Gasteiger partial charge in [0.15, 0.2) is 0 Å². The molecule has 0 N–H and O–H groups in total. The van der Waals surface area contributed by atoms with Gasteiger partial charge in [-0.2, -0.15) is 0 Å². The van der Waals surface area contributed by atoms with Gasteiger partial charge in [-0.15, -0.1) is 0 Å². The van der Waals surface area contributed by atoms with Crippen molar-refractivity contribution < 1.29 is 14.0 Å². The number of rotatable bonds is 8. The van der Waals surface area contributed by atoms with Gasteiger partial charge >= 0.3 is 0 Å². The second-order valence-corrected chi connectivity index (χ2v) is 6.82. The first kappa shape index (κ1) is 19.0. The maximum Gasteiger partial charge on any atom is 0.223 e. The van der Waals surface area contributed by atoms with E-state index in [2.05, 4.69) is 4.98 Å². The van der Waals surface area contributed by atoms with Crippen LogP contribution >= 0.6 is 0 Å². The zero-order valence-electron chi connectivity index (χ0n) is 15.3. The average molecular weight is 369 g/mol. The Morgan fingerprint density at radius 3 is 2.37 bits per heavy atom. The van der Waals surface area contributed by atoms with E-state index in [1.807, 2.05) is 17.0 Å². The van der Waals surface area contributed by atoms with Crippen molar-refractivity contribution in [2.45, 2.75) is 38.8 Å². The van der Waals surface area contributed by atoms with Crippen LogP contribution in [0.1, 0.15) is 36.8 Å². The lowest BCUT2D eigenvalue weighted by Gasteiger charge is -2.24. The monoisotopic (exact) mass is 369 g/mol. The molecule has 0 saturated carbocycles. The van der Waals surface area contributed by atoms with E-state index in [0.717, 1.165) is 24.1 Å². The van der Waals surface area contributed by atoms with Crippen LogP contribution < -0.4 is 0 Å². The molecule has 142 valence electrons. The minimum atomic E-state index is -0.291. The molecular formula is C21H24FN3O2. The molecule has 1 aromatic heterocycles. The van der Waals surface area contributed by atoms with Gasteiger partial charge in [-0.3, -0.25) is 14.6 Å². The third-order valence-corrected chi connectivity index (χ3v) is 4.75. The summed E-state index contributed by atoms with van der Waals surface area (Å²) in [5, 5.41) is 0. The summed E-state index contributed by atoms with van der Waals surface area (Å²) in [6, 6.07) is 9.98. The topological polar surface area (TPSA) is 53.5 Å². The van der Waals surface area contributed by atoms with Crippen LogP contribution in [-0.4, -0.2) is 39.7 Å². The Kier molecular flexibility index (Phi) is 6.52. The van der Waals surface area contributed by atoms with Crippen LogP contribution in [0.5, 0.6) is 0 Å². The van der Waals surface area contributed by atoms with Gasteiger partial charge in [0, 0.05) is 51.4 Å². The van der Waals surface area contributed by atoms with E-state index in [1.165, 1.54) is 12.1 Å². The molecule has 1 saturated heterocycles. The Morgan fingerprint density at radius 1 is 1.07 bits per heavy atom. The quantitative estimate of drug-likeness (QED) is 0.718. The number of aromatic nitrogens is 1. The fraction of sp³-hybridized carbons (Fsp3) is 0.381. The van der Waals surface area contributed by atoms with Gasteiger partial charge in [0.25, 0.3) is 0 Å². The lowest BCUT2D eigenvalue weighted by atomic mass is 10.1. The summed E-state index contributed by atoms with van der Waals surface area (Å²) in [5.74, 6) is -0.0776. The van der Waals surface area contributed by atoms with Crippen molar-refractivity contribution in [2.75, 3.05) is 13.1 Å². The van der Waals surface area contributed by atoms with Crippen molar-refractivity contribution in [3.63, 3.8) is 0 Å². The van der Waals surface area contributed by atoms with Crippen molar-refractivity contribution in [1.82, 2.24) is 14.8 Å². The van der Waals surface area contributed by atoms with E-state index in [4.69, 9.17) is 0 Å². The van der Waals surface area contributed by atoms with Crippen molar-refractivity contribution in [1.29, 1.82) is 0 Å². The second-order valence-electron chi connectivity index (χ2n) is 6.82. The predicted octanol–water partition coefficient (Wildman–Crippen LogP) is 3.15. The number of likely N-dealkylation sites (tertiary alicyclic amines) is 1.